The van der Waals surface area contributed by atoms with Gasteiger partial charge in [-0.25, -0.2) is 0 Å². The average molecular weight is 287 g/mol. The summed E-state index contributed by atoms with van der Waals surface area (Å²) in [5.74, 6) is 2.59. The molecule has 0 radical (unpaired) electrons. The van der Waals surface area contributed by atoms with Crippen LogP contribution in [0.1, 0.15) is 70.9 Å². The maximum Gasteiger partial charge on any atom is 0.0348 e. The van der Waals surface area contributed by atoms with Crippen LogP contribution < -0.4 is 5.32 Å². The summed E-state index contributed by atoms with van der Waals surface area (Å²) < 4.78 is 0. The summed E-state index contributed by atoms with van der Waals surface area (Å²) in [6, 6.07) is 11.6. The molecule has 2 rings (SSSR count). The number of rotatable bonds is 7. The Morgan fingerprint density at radius 2 is 1.62 bits per heavy atom. The van der Waals surface area contributed by atoms with Gasteiger partial charge in [0.25, 0.3) is 0 Å². The predicted octanol–water partition coefficient (Wildman–Crippen LogP) is 5.58. The lowest BCUT2D eigenvalue weighted by Crippen LogP contribution is -2.33. The molecule has 1 fully saturated rings. The zero-order chi connectivity index (χ0) is 15.1. The standard InChI is InChI=1S/C20H33N/c1-4-18(5-2)20(19-9-7-6-8-10-19)21-15-17-13-11-16(3)12-14-17/h6-10,16-18,20-21H,4-5,11-15H2,1-3H3. The predicted molar refractivity (Wildman–Crippen MR) is 92.4 cm³/mol. The van der Waals surface area contributed by atoms with Gasteiger partial charge in [0.05, 0.1) is 0 Å². The van der Waals surface area contributed by atoms with Gasteiger partial charge < -0.3 is 5.32 Å². The molecule has 0 bridgehead atoms. The summed E-state index contributed by atoms with van der Waals surface area (Å²) in [5, 5.41) is 3.92. The van der Waals surface area contributed by atoms with E-state index in [0.717, 1.165) is 17.8 Å². The third kappa shape index (κ3) is 4.85. The van der Waals surface area contributed by atoms with Gasteiger partial charge in [-0.1, -0.05) is 76.8 Å². The minimum atomic E-state index is 0.528. The van der Waals surface area contributed by atoms with Crippen molar-refractivity contribution in [2.45, 2.75) is 65.3 Å². The van der Waals surface area contributed by atoms with E-state index in [0.29, 0.717) is 6.04 Å². The molecule has 0 heterocycles. The van der Waals surface area contributed by atoms with Crippen LogP contribution in [0, 0.1) is 17.8 Å². The maximum absolute atomic E-state index is 3.92. The second kappa shape index (κ2) is 8.58. The molecule has 21 heavy (non-hydrogen) atoms. The molecular formula is C20H33N. The SMILES string of the molecule is CCC(CC)C(NCC1CCC(C)CC1)c1ccccc1. The van der Waals surface area contributed by atoms with E-state index in [1.165, 1.54) is 50.6 Å². The van der Waals surface area contributed by atoms with Gasteiger partial charge >= 0.3 is 0 Å². The molecule has 0 saturated heterocycles. The molecule has 1 atom stereocenters. The van der Waals surface area contributed by atoms with E-state index in [9.17, 15) is 0 Å². The summed E-state index contributed by atoms with van der Waals surface area (Å²) >= 11 is 0. The van der Waals surface area contributed by atoms with Gasteiger partial charge in [-0.2, -0.15) is 0 Å². The molecule has 1 unspecified atom stereocenters. The smallest absolute Gasteiger partial charge is 0.0348 e. The topological polar surface area (TPSA) is 12.0 Å². The van der Waals surface area contributed by atoms with Crippen molar-refractivity contribution >= 4 is 0 Å². The van der Waals surface area contributed by atoms with Gasteiger partial charge in [-0.05, 0) is 42.7 Å². The molecule has 1 saturated carbocycles. The summed E-state index contributed by atoms with van der Waals surface area (Å²) in [5.41, 5.74) is 1.47. The highest BCUT2D eigenvalue weighted by Crippen LogP contribution is 2.31. The summed E-state index contributed by atoms with van der Waals surface area (Å²) in [7, 11) is 0. The van der Waals surface area contributed by atoms with E-state index in [4.69, 9.17) is 0 Å². The highest BCUT2D eigenvalue weighted by Gasteiger charge is 2.23. The van der Waals surface area contributed by atoms with Crippen LogP contribution in [0.25, 0.3) is 0 Å². The Hall–Kier alpha value is -0.820. The number of benzene rings is 1. The largest absolute Gasteiger partial charge is 0.309 e. The molecule has 0 aliphatic heterocycles. The maximum atomic E-state index is 3.92. The third-order valence-corrected chi connectivity index (χ3v) is 5.44. The molecule has 0 amide bonds. The first-order valence-corrected chi connectivity index (χ1v) is 9.02. The van der Waals surface area contributed by atoms with Crippen LogP contribution in [0.2, 0.25) is 0 Å². The molecule has 0 spiro atoms. The van der Waals surface area contributed by atoms with E-state index in [-0.39, 0.29) is 0 Å². The lowest BCUT2D eigenvalue weighted by molar-refractivity contribution is 0.254. The van der Waals surface area contributed by atoms with Gasteiger partial charge in [0.1, 0.15) is 0 Å². The normalized spacial score (nSPS) is 24.2. The first-order valence-electron chi connectivity index (χ1n) is 9.02. The van der Waals surface area contributed by atoms with Gasteiger partial charge in [0, 0.05) is 6.04 Å². The molecular weight excluding hydrogens is 254 g/mol. The van der Waals surface area contributed by atoms with Gasteiger partial charge in [0.2, 0.25) is 0 Å². The fourth-order valence-corrected chi connectivity index (χ4v) is 3.80. The fourth-order valence-electron chi connectivity index (χ4n) is 3.80. The Morgan fingerprint density at radius 3 is 2.19 bits per heavy atom. The molecule has 1 aliphatic carbocycles. The number of nitrogens with one attached hydrogen (secondary N) is 1. The molecule has 1 heteroatoms. The minimum Gasteiger partial charge on any atom is -0.309 e. The van der Waals surface area contributed by atoms with Crippen molar-refractivity contribution in [3.63, 3.8) is 0 Å². The highest BCUT2D eigenvalue weighted by atomic mass is 14.9. The van der Waals surface area contributed by atoms with E-state index < -0.39 is 0 Å². The Morgan fingerprint density at radius 1 is 1.00 bits per heavy atom. The van der Waals surface area contributed by atoms with Crippen LogP contribution >= 0.6 is 0 Å². The van der Waals surface area contributed by atoms with Crippen LogP contribution in [-0.2, 0) is 0 Å². The van der Waals surface area contributed by atoms with Crippen LogP contribution in [0.3, 0.4) is 0 Å². The quantitative estimate of drug-likeness (QED) is 0.690. The molecule has 1 aromatic carbocycles. The van der Waals surface area contributed by atoms with Gasteiger partial charge in [-0.15, -0.1) is 0 Å². The monoisotopic (exact) mass is 287 g/mol. The molecule has 1 aromatic rings. The number of hydrogen-bond acceptors (Lipinski definition) is 1. The zero-order valence-electron chi connectivity index (χ0n) is 14.1. The first-order chi connectivity index (χ1) is 10.2. The van der Waals surface area contributed by atoms with Crippen LogP contribution in [0.4, 0.5) is 0 Å². The average Bonchev–Trinajstić information content (AvgIpc) is 2.54. The van der Waals surface area contributed by atoms with Crippen molar-refractivity contribution in [1.82, 2.24) is 5.32 Å². The third-order valence-electron chi connectivity index (χ3n) is 5.44. The van der Waals surface area contributed by atoms with E-state index in [1.807, 2.05) is 0 Å². The summed E-state index contributed by atoms with van der Waals surface area (Å²) in [4.78, 5) is 0. The van der Waals surface area contributed by atoms with Crippen LogP contribution in [0.15, 0.2) is 30.3 Å². The summed E-state index contributed by atoms with van der Waals surface area (Å²) in [6.45, 7) is 8.26. The molecule has 0 aromatic heterocycles. The molecule has 1 nitrogen and oxygen atoms in total. The van der Waals surface area contributed by atoms with Gasteiger partial charge in [-0.3, -0.25) is 0 Å². The van der Waals surface area contributed by atoms with Crippen LogP contribution in [-0.4, -0.2) is 6.54 Å². The molecule has 1 N–H and O–H groups in total. The Labute approximate surface area is 131 Å². The highest BCUT2D eigenvalue weighted by molar-refractivity contribution is 5.19. The lowest BCUT2D eigenvalue weighted by atomic mass is 9.82. The van der Waals surface area contributed by atoms with Gasteiger partial charge in [0.15, 0.2) is 0 Å². The second-order valence-electron chi connectivity index (χ2n) is 7.00. The second-order valence-corrected chi connectivity index (χ2v) is 7.00. The van der Waals surface area contributed by atoms with Crippen molar-refractivity contribution in [1.29, 1.82) is 0 Å². The van der Waals surface area contributed by atoms with Crippen molar-refractivity contribution in [2.75, 3.05) is 6.54 Å². The van der Waals surface area contributed by atoms with Crippen molar-refractivity contribution in [3.05, 3.63) is 35.9 Å². The Balaban J connectivity index is 1.96. The number of hydrogen-bond donors (Lipinski definition) is 1. The first kappa shape index (κ1) is 16.5. The van der Waals surface area contributed by atoms with Crippen molar-refractivity contribution < 1.29 is 0 Å². The van der Waals surface area contributed by atoms with Crippen LogP contribution in [0.5, 0.6) is 0 Å². The van der Waals surface area contributed by atoms with E-state index in [1.54, 1.807) is 0 Å². The van der Waals surface area contributed by atoms with E-state index >= 15 is 0 Å². The molecule has 1 aliphatic rings. The lowest BCUT2D eigenvalue weighted by Gasteiger charge is -2.31. The molecule has 118 valence electrons. The van der Waals surface area contributed by atoms with Crippen molar-refractivity contribution in [3.8, 4) is 0 Å². The summed E-state index contributed by atoms with van der Waals surface area (Å²) in [6.07, 6.45) is 8.19. The zero-order valence-corrected chi connectivity index (χ0v) is 14.1. The van der Waals surface area contributed by atoms with E-state index in [2.05, 4.69) is 56.4 Å². The van der Waals surface area contributed by atoms with Crippen molar-refractivity contribution in [2.24, 2.45) is 17.8 Å². The Kier molecular flexibility index (Phi) is 6.76. The Bertz CT molecular complexity index is 374. The fraction of sp³-hybridized carbons (Fsp3) is 0.700. The minimum absolute atomic E-state index is 0.528.